The van der Waals surface area contributed by atoms with Crippen molar-refractivity contribution in [2.24, 2.45) is 7.05 Å². The van der Waals surface area contributed by atoms with Crippen LogP contribution >= 0.6 is 0 Å². The van der Waals surface area contributed by atoms with Gasteiger partial charge >= 0.3 is 0 Å². The van der Waals surface area contributed by atoms with Crippen LogP contribution in [0.5, 0.6) is 5.75 Å². The third-order valence-corrected chi connectivity index (χ3v) is 2.64. The minimum absolute atomic E-state index is 0.0151. The lowest BCUT2D eigenvalue weighted by molar-refractivity contribution is 0.241. The summed E-state index contributed by atoms with van der Waals surface area (Å²) in [5, 5.41) is 4.31. The summed E-state index contributed by atoms with van der Waals surface area (Å²) in [6.45, 7) is 3.79. The Balaban J connectivity index is 2.41. The van der Waals surface area contributed by atoms with Gasteiger partial charge in [0.25, 0.3) is 0 Å². The van der Waals surface area contributed by atoms with E-state index in [0.717, 1.165) is 0 Å². The second-order valence-electron chi connectivity index (χ2n) is 5.10. The Morgan fingerprint density at radius 2 is 1.95 bits per heavy atom. The molecule has 0 spiro atoms. The molecule has 0 fully saturated rings. The highest BCUT2D eigenvalue weighted by Crippen LogP contribution is 2.25. The molecule has 0 radical (unpaired) electrons. The van der Waals surface area contributed by atoms with Gasteiger partial charge in [-0.15, -0.1) is 5.10 Å². The predicted octanol–water partition coefficient (Wildman–Crippen LogP) is 2.47. The summed E-state index contributed by atoms with van der Waals surface area (Å²) >= 11 is 0. The fraction of sp³-hybridized carbons (Fsp3) is 0.429. The molecule has 0 saturated heterocycles. The van der Waals surface area contributed by atoms with E-state index in [1.165, 1.54) is 12.1 Å². The van der Waals surface area contributed by atoms with E-state index in [1.54, 1.807) is 17.8 Å². The quantitative estimate of drug-likeness (QED) is 0.861. The van der Waals surface area contributed by atoms with E-state index in [9.17, 15) is 4.39 Å². The Hall–Kier alpha value is -2.11. The van der Waals surface area contributed by atoms with E-state index in [2.05, 4.69) is 10.1 Å². The standard InChI is InChI=1S/C14H19FN4O/c1-9(2)20-12-7-10(6-11(15)8-12)13-16-14(18(3)4)19(5)17-13/h6-9H,1-5H3. The third-order valence-electron chi connectivity index (χ3n) is 2.64. The first-order chi connectivity index (χ1) is 9.36. The van der Waals surface area contributed by atoms with Crippen LogP contribution in [-0.4, -0.2) is 35.0 Å². The highest BCUT2D eigenvalue weighted by atomic mass is 19.1. The largest absolute Gasteiger partial charge is 0.491 e. The lowest BCUT2D eigenvalue weighted by Gasteiger charge is -2.10. The summed E-state index contributed by atoms with van der Waals surface area (Å²) in [6.07, 6.45) is -0.0151. The van der Waals surface area contributed by atoms with Gasteiger partial charge in [-0.1, -0.05) is 0 Å². The van der Waals surface area contributed by atoms with Gasteiger partial charge in [0.05, 0.1) is 6.10 Å². The molecule has 0 aliphatic heterocycles. The van der Waals surface area contributed by atoms with Crippen LogP contribution in [0.15, 0.2) is 18.2 Å². The lowest BCUT2D eigenvalue weighted by Crippen LogP contribution is -2.14. The van der Waals surface area contributed by atoms with Gasteiger partial charge in [-0.2, -0.15) is 4.98 Å². The van der Waals surface area contributed by atoms with E-state index in [-0.39, 0.29) is 11.9 Å². The van der Waals surface area contributed by atoms with Crippen molar-refractivity contribution in [3.63, 3.8) is 0 Å². The van der Waals surface area contributed by atoms with Crippen molar-refractivity contribution in [2.45, 2.75) is 20.0 Å². The van der Waals surface area contributed by atoms with Gasteiger partial charge < -0.3 is 9.64 Å². The monoisotopic (exact) mass is 278 g/mol. The Labute approximate surface area is 118 Å². The topological polar surface area (TPSA) is 43.2 Å². The zero-order valence-corrected chi connectivity index (χ0v) is 12.4. The number of aryl methyl sites for hydroxylation is 1. The maximum Gasteiger partial charge on any atom is 0.223 e. The number of aromatic nitrogens is 3. The second kappa shape index (κ2) is 5.48. The fourth-order valence-electron chi connectivity index (χ4n) is 1.92. The zero-order valence-electron chi connectivity index (χ0n) is 12.4. The average molecular weight is 278 g/mol. The van der Waals surface area contributed by atoms with Gasteiger partial charge in [0.2, 0.25) is 5.95 Å². The Bertz CT molecular complexity index is 607. The summed E-state index contributed by atoms with van der Waals surface area (Å²) in [4.78, 5) is 6.25. The molecule has 0 N–H and O–H groups in total. The second-order valence-corrected chi connectivity index (χ2v) is 5.10. The summed E-state index contributed by atoms with van der Waals surface area (Å²) in [6, 6.07) is 4.51. The lowest BCUT2D eigenvalue weighted by atomic mass is 10.2. The van der Waals surface area contributed by atoms with Crippen molar-refractivity contribution in [3.8, 4) is 17.1 Å². The first-order valence-electron chi connectivity index (χ1n) is 6.43. The molecule has 0 saturated carbocycles. The Morgan fingerprint density at radius 1 is 1.25 bits per heavy atom. The van der Waals surface area contributed by atoms with Crippen molar-refractivity contribution in [2.75, 3.05) is 19.0 Å². The van der Waals surface area contributed by atoms with Gasteiger partial charge in [0.1, 0.15) is 11.6 Å². The minimum atomic E-state index is -0.364. The molecule has 2 aromatic rings. The molecular formula is C14H19FN4O. The van der Waals surface area contributed by atoms with E-state index >= 15 is 0 Å². The number of anilines is 1. The molecule has 0 unspecified atom stereocenters. The number of benzene rings is 1. The van der Waals surface area contributed by atoms with Crippen molar-refractivity contribution >= 4 is 5.95 Å². The molecule has 0 atom stereocenters. The summed E-state index contributed by atoms with van der Waals surface area (Å²) < 4.78 is 20.9. The van der Waals surface area contributed by atoms with E-state index in [0.29, 0.717) is 23.1 Å². The van der Waals surface area contributed by atoms with Gasteiger partial charge in [-0.05, 0) is 26.0 Å². The number of hydrogen-bond acceptors (Lipinski definition) is 4. The molecule has 20 heavy (non-hydrogen) atoms. The SMILES string of the molecule is CC(C)Oc1cc(F)cc(-c2nc(N(C)C)n(C)n2)c1. The Kier molecular flexibility index (Phi) is 3.92. The van der Waals surface area contributed by atoms with Crippen LogP contribution in [-0.2, 0) is 7.05 Å². The van der Waals surface area contributed by atoms with Gasteiger partial charge in [-0.25, -0.2) is 9.07 Å². The van der Waals surface area contributed by atoms with Crippen molar-refractivity contribution < 1.29 is 9.13 Å². The fourth-order valence-corrected chi connectivity index (χ4v) is 1.92. The number of ether oxygens (including phenoxy) is 1. The normalized spacial score (nSPS) is 10.9. The van der Waals surface area contributed by atoms with Crippen molar-refractivity contribution in [1.82, 2.24) is 14.8 Å². The molecule has 0 amide bonds. The van der Waals surface area contributed by atoms with Crippen LogP contribution in [0.2, 0.25) is 0 Å². The van der Waals surface area contributed by atoms with Crippen LogP contribution in [0.1, 0.15) is 13.8 Å². The maximum atomic E-state index is 13.7. The molecule has 0 aliphatic carbocycles. The van der Waals surface area contributed by atoms with Gasteiger partial charge in [0, 0.05) is 32.8 Å². The van der Waals surface area contributed by atoms with Crippen LogP contribution in [0.25, 0.3) is 11.4 Å². The summed E-state index contributed by atoms with van der Waals surface area (Å²) in [5.41, 5.74) is 0.601. The molecule has 0 bridgehead atoms. The molecule has 0 aliphatic rings. The number of halogens is 1. The average Bonchev–Trinajstić information content (AvgIpc) is 2.69. The maximum absolute atomic E-state index is 13.7. The molecule has 1 heterocycles. The van der Waals surface area contributed by atoms with Gasteiger partial charge in [0.15, 0.2) is 5.82 Å². The van der Waals surface area contributed by atoms with Crippen LogP contribution in [0, 0.1) is 5.82 Å². The molecule has 2 rings (SSSR count). The highest BCUT2D eigenvalue weighted by molar-refractivity contribution is 5.59. The molecular weight excluding hydrogens is 259 g/mol. The van der Waals surface area contributed by atoms with Crippen molar-refractivity contribution in [1.29, 1.82) is 0 Å². The Morgan fingerprint density at radius 3 is 2.50 bits per heavy atom. The zero-order chi connectivity index (χ0) is 14.9. The molecule has 1 aromatic heterocycles. The van der Waals surface area contributed by atoms with E-state index < -0.39 is 0 Å². The number of hydrogen-bond donors (Lipinski definition) is 0. The first-order valence-corrected chi connectivity index (χ1v) is 6.43. The van der Waals surface area contributed by atoms with E-state index in [1.807, 2.05) is 32.8 Å². The predicted molar refractivity (Wildman–Crippen MR) is 76.5 cm³/mol. The third kappa shape index (κ3) is 3.07. The van der Waals surface area contributed by atoms with E-state index in [4.69, 9.17) is 4.74 Å². The molecule has 6 heteroatoms. The van der Waals surface area contributed by atoms with Gasteiger partial charge in [-0.3, -0.25) is 0 Å². The summed E-state index contributed by atoms with van der Waals surface area (Å²) in [5.74, 6) is 1.30. The minimum Gasteiger partial charge on any atom is -0.491 e. The molecule has 108 valence electrons. The van der Waals surface area contributed by atoms with Crippen LogP contribution in [0.3, 0.4) is 0 Å². The highest BCUT2D eigenvalue weighted by Gasteiger charge is 2.13. The van der Waals surface area contributed by atoms with Crippen molar-refractivity contribution in [3.05, 3.63) is 24.0 Å². The number of nitrogens with zero attached hydrogens (tertiary/aromatic N) is 4. The van der Waals surface area contributed by atoms with Crippen LogP contribution in [0.4, 0.5) is 10.3 Å². The smallest absolute Gasteiger partial charge is 0.223 e. The number of rotatable bonds is 4. The molecule has 5 nitrogen and oxygen atoms in total. The van der Waals surface area contributed by atoms with Crippen LogP contribution < -0.4 is 9.64 Å². The summed E-state index contributed by atoms with van der Waals surface area (Å²) in [7, 11) is 5.57. The molecule has 1 aromatic carbocycles. The first kappa shape index (κ1) is 14.3.